The van der Waals surface area contributed by atoms with Gasteiger partial charge in [0.15, 0.2) is 0 Å². The average molecular weight is 435 g/mol. The molecule has 29 heavy (non-hydrogen) atoms. The largest absolute Gasteiger partial charge is 0.354 e. The molecule has 6 heteroatoms. The number of carbonyl (C=O) groups is 2. The molecule has 0 radical (unpaired) electrons. The molecular formula is C23H28Cl2N2O2. The van der Waals surface area contributed by atoms with Crippen molar-refractivity contribution in [1.82, 2.24) is 10.2 Å². The summed E-state index contributed by atoms with van der Waals surface area (Å²) in [5.41, 5.74) is 2.66. The molecule has 1 atom stereocenters. The van der Waals surface area contributed by atoms with Crippen LogP contribution in [-0.4, -0.2) is 29.3 Å². The summed E-state index contributed by atoms with van der Waals surface area (Å²) in [6.45, 7) is 6.85. The van der Waals surface area contributed by atoms with Gasteiger partial charge in [0, 0.05) is 23.1 Å². The molecule has 0 aliphatic carbocycles. The van der Waals surface area contributed by atoms with Crippen LogP contribution in [-0.2, 0) is 22.6 Å². The summed E-state index contributed by atoms with van der Waals surface area (Å²) >= 11 is 12.5. The van der Waals surface area contributed by atoms with E-state index in [1.54, 1.807) is 23.1 Å². The maximum atomic E-state index is 13.3. The number of nitrogens with zero attached hydrogens (tertiary/aromatic N) is 1. The Bertz CT molecular complexity index is 834. The van der Waals surface area contributed by atoms with Gasteiger partial charge in [-0.05, 0) is 48.6 Å². The van der Waals surface area contributed by atoms with Crippen molar-refractivity contribution in [2.75, 3.05) is 6.54 Å². The van der Waals surface area contributed by atoms with E-state index in [1.165, 1.54) is 0 Å². The fourth-order valence-electron chi connectivity index (χ4n) is 3.21. The van der Waals surface area contributed by atoms with E-state index < -0.39 is 6.04 Å². The molecule has 0 saturated carbocycles. The number of amides is 2. The van der Waals surface area contributed by atoms with Crippen molar-refractivity contribution in [2.24, 2.45) is 0 Å². The van der Waals surface area contributed by atoms with E-state index in [-0.39, 0.29) is 18.2 Å². The first-order valence-electron chi connectivity index (χ1n) is 9.93. The number of halogens is 2. The Morgan fingerprint density at radius 3 is 2.28 bits per heavy atom. The lowest BCUT2D eigenvalue weighted by atomic mass is 10.0. The molecule has 1 unspecified atom stereocenters. The molecular weight excluding hydrogens is 407 g/mol. The number of hydrogen-bond donors (Lipinski definition) is 1. The zero-order chi connectivity index (χ0) is 21.4. The molecule has 2 amide bonds. The first kappa shape index (κ1) is 23.2. The SMILES string of the molecule is CCCNC(=O)C(CC)N(Cc1ccccc1C)C(=O)Cc1c(Cl)cccc1Cl. The van der Waals surface area contributed by atoms with Gasteiger partial charge in [-0.25, -0.2) is 0 Å². The molecule has 2 rings (SSSR count). The van der Waals surface area contributed by atoms with Gasteiger partial charge in [0.2, 0.25) is 11.8 Å². The van der Waals surface area contributed by atoms with Crippen LogP contribution in [0.3, 0.4) is 0 Å². The van der Waals surface area contributed by atoms with Gasteiger partial charge in [0.05, 0.1) is 6.42 Å². The molecule has 4 nitrogen and oxygen atoms in total. The third-order valence-electron chi connectivity index (χ3n) is 4.93. The monoisotopic (exact) mass is 434 g/mol. The second-order valence-electron chi connectivity index (χ2n) is 7.04. The Hall–Kier alpha value is -2.04. The fourth-order valence-corrected chi connectivity index (χ4v) is 3.74. The van der Waals surface area contributed by atoms with Crippen LogP contribution in [0.1, 0.15) is 43.4 Å². The predicted octanol–water partition coefficient (Wildman–Crippen LogP) is 5.18. The normalized spacial score (nSPS) is 11.8. The van der Waals surface area contributed by atoms with E-state index in [0.717, 1.165) is 17.5 Å². The van der Waals surface area contributed by atoms with Gasteiger partial charge in [-0.15, -0.1) is 0 Å². The van der Waals surface area contributed by atoms with Gasteiger partial charge in [0.1, 0.15) is 6.04 Å². The van der Waals surface area contributed by atoms with Gasteiger partial charge in [0.25, 0.3) is 0 Å². The van der Waals surface area contributed by atoms with E-state index in [9.17, 15) is 9.59 Å². The molecule has 0 aliphatic rings. The summed E-state index contributed by atoms with van der Waals surface area (Å²) in [6, 6.07) is 12.5. The topological polar surface area (TPSA) is 49.4 Å². The minimum Gasteiger partial charge on any atom is -0.354 e. The average Bonchev–Trinajstić information content (AvgIpc) is 2.70. The Balaban J connectivity index is 2.35. The zero-order valence-corrected chi connectivity index (χ0v) is 18.7. The molecule has 0 saturated heterocycles. The summed E-state index contributed by atoms with van der Waals surface area (Å²) in [6.07, 6.45) is 1.40. The van der Waals surface area contributed by atoms with Crippen LogP contribution in [0.5, 0.6) is 0 Å². The predicted molar refractivity (Wildman–Crippen MR) is 119 cm³/mol. The third kappa shape index (κ3) is 6.22. The smallest absolute Gasteiger partial charge is 0.242 e. The lowest BCUT2D eigenvalue weighted by molar-refractivity contribution is -0.140. The summed E-state index contributed by atoms with van der Waals surface area (Å²) in [5.74, 6) is -0.316. The quantitative estimate of drug-likeness (QED) is 0.590. The number of aryl methyl sites for hydroxylation is 1. The van der Waals surface area contributed by atoms with Crippen molar-refractivity contribution in [3.8, 4) is 0 Å². The minimum absolute atomic E-state index is 0.0436. The first-order chi connectivity index (χ1) is 13.9. The van der Waals surface area contributed by atoms with Crippen molar-refractivity contribution in [3.05, 3.63) is 69.2 Å². The maximum absolute atomic E-state index is 13.3. The van der Waals surface area contributed by atoms with E-state index in [1.807, 2.05) is 45.0 Å². The van der Waals surface area contributed by atoms with E-state index in [0.29, 0.717) is 35.1 Å². The zero-order valence-electron chi connectivity index (χ0n) is 17.2. The lowest BCUT2D eigenvalue weighted by Gasteiger charge is -2.31. The van der Waals surface area contributed by atoms with E-state index in [4.69, 9.17) is 23.2 Å². The van der Waals surface area contributed by atoms with Gasteiger partial charge in [-0.1, -0.05) is 67.4 Å². The van der Waals surface area contributed by atoms with Gasteiger partial charge in [-0.3, -0.25) is 9.59 Å². The second-order valence-corrected chi connectivity index (χ2v) is 7.85. The van der Waals surface area contributed by atoms with Crippen molar-refractivity contribution in [3.63, 3.8) is 0 Å². The summed E-state index contributed by atoms with van der Waals surface area (Å²) in [7, 11) is 0. The molecule has 0 aromatic heterocycles. The Morgan fingerprint density at radius 2 is 1.69 bits per heavy atom. The van der Waals surface area contributed by atoms with Crippen LogP contribution in [0.2, 0.25) is 10.0 Å². The van der Waals surface area contributed by atoms with E-state index >= 15 is 0 Å². The number of nitrogens with one attached hydrogen (secondary N) is 1. The molecule has 0 aliphatic heterocycles. The third-order valence-corrected chi connectivity index (χ3v) is 5.64. The van der Waals surface area contributed by atoms with Gasteiger partial charge in [-0.2, -0.15) is 0 Å². The number of hydrogen-bond acceptors (Lipinski definition) is 2. The minimum atomic E-state index is -0.560. The summed E-state index contributed by atoms with van der Waals surface area (Å²) < 4.78 is 0. The van der Waals surface area contributed by atoms with E-state index in [2.05, 4.69) is 5.32 Å². The highest BCUT2D eigenvalue weighted by atomic mass is 35.5. The maximum Gasteiger partial charge on any atom is 0.242 e. The standard InChI is InChI=1S/C23H28Cl2N2O2/c1-4-13-26-23(29)21(5-2)27(15-17-10-7-6-9-16(17)3)22(28)14-18-19(24)11-8-12-20(18)25/h6-12,21H,4-5,13-15H2,1-3H3,(H,26,29). The van der Waals surface area contributed by atoms with Crippen LogP contribution >= 0.6 is 23.2 Å². The van der Waals surface area contributed by atoms with Crippen molar-refractivity contribution in [1.29, 1.82) is 0 Å². The first-order valence-corrected chi connectivity index (χ1v) is 10.7. The highest BCUT2D eigenvalue weighted by Crippen LogP contribution is 2.26. The molecule has 1 N–H and O–H groups in total. The number of rotatable bonds is 9. The Labute approximate surface area is 183 Å². The molecule has 2 aromatic carbocycles. The molecule has 2 aromatic rings. The highest BCUT2D eigenvalue weighted by molar-refractivity contribution is 6.36. The molecule has 0 spiro atoms. The van der Waals surface area contributed by atoms with Crippen molar-refractivity contribution >= 4 is 35.0 Å². The Kier molecular flexibility index (Phi) is 8.99. The van der Waals surface area contributed by atoms with Gasteiger partial charge >= 0.3 is 0 Å². The van der Waals surface area contributed by atoms with Crippen molar-refractivity contribution < 1.29 is 9.59 Å². The highest BCUT2D eigenvalue weighted by Gasteiger charge is 2.29. The number of benzene rings is 2. The van der Waals surface area contributed by atoms with Crippen LogP contribution in [0, 0.1) is 6.92 Å². The van der Waals surface area contributed by atoms with Crippen LogP contribution in [0.4, 0.5) is 0 Å². The summed E-state index contributed by atoms with van der Waals surface area (Å²) in [5, 5.41) is 3.82. The lowest BCUT2D eigenvalue weighted by Crippen LogP contribution is -2.49. The fraction of sp³-hybridized carbons (Fsp3) is 0.391. The Morgan fingerprint density at radius 1 is 1.03 bits per heavy atom. The molecule has 0 heterocycles. The van der Waals surface area contributed by atoms with Crippen LogP contribution in [0.25, 0.3) is 0 Å². The second kappa shape index (κ2) is 11.2. The molecule has 0 fully saturated rings. The van der Waals surface area contributed by atoms with Crippen molar-refractivity contribution in [2.45, 2.75) is 52.6 Å². The van der Waals surface area contributed by atoms with Crippen LogP contribution < -0.4 is 5.32 Å². The molecule has 156 valence electrons. The summed E-state index contributed by atoms with van der Waals surface area (Å²) in [4.78, 5) is 27.8. The molecule has 0 bridgehead atoms. The van der Waals surface area contributed by atoms with Crippen LogP contribution in [0.15, 0.2) is 42.5 Å². The van der Waals surface area contributed by atoms with Gasteiger partial charge < -0.3 is 10.2 Å². The number of carbonyl (C=O) groups excluding carboxylic acids is 2.